The highest BCUT2D eigenvalue weighted by molar-refractivity contribution is 5.28. The van der Waals surface area contributed by atoms with Crippen LogP contribution in [0.4, 0.5) is 5.95 Å². The van der Waals surface area contributed by atoms with Gasteiger partial charge in [0.1, 0.15) is 0 Å². The molecule has 2 heterocycles. The van der Waals surface area contributed by atoms with Crippen LogP contribution in [0.15, 0.2) is 36.8 Å². The predicted molar refractivity (Wildman–Crippen MR) is 73.6 cm³/mol. The van der Waals surface area contributed by atoms with Crippen LogP contribution < -0.4 is 5.32 Å². The van der Waals surface area contributed by atoms with Crippen molar-refractivity contribution in [3.63, 3.8) is 0 Å². The Balaban J connectivity index is 2.16. The molecule has 0 bridgehead atoms. The smallest absolute Gasteiger partial charge is 0.203 e. The van der Waals surface area contributed by atoms with Crippen molar-refractivity contribution in [3.8, 4) is 0 Å². The third kappa shape index (κ3) is 2.88. The van der Waals surface area contributed by atoms with Gasteiger partial charge in [-0.3, -0.25) is 4.98 Å². The summed E-state index contributed by atoms with van der Waals surface area (Å²) < 4.78 is 2.12. The Bertz CT molecular complexity index is 476. The lowest BCUT2D eigenvalue weighted by atomic mass is 10.2. The van der Waals surface area contributed by atoms with Gasteiger partial charge in [0, 0.05) is 25.1 Å². The first kappa shape index (κ1) is 12.6. The van der Waals surface area contributed by atoms with Gasteiger partial charge in [0.05, 0.1) is 11.7 Å². The zero-order valence-electron chi connectivity index (χ0n) is 11.2. The van der Waals surface area contributed by atoms with E-state index in [1.54, 1.807) is 0 Å². The quantitative estimate of drug-likeness (QED) is 0.879. The van der Waals surface area contributed by atoms with E-state index in [4.69, 9.17) is 0 Å². The number of hydrogen-bond donors (Lipinski definition) is 1. The average molecular weight is 244 g/mol. The van der Waals surface area contributed by atoms with Crippen molar-refractivity contribution in [2.75, 3.05) is 11.9 Å². The van der Waals surface area contributed by atoms with E-state index in [9.17, 15) is 0 Å². The molecule has 0 aliphatic rings. The van der Waals surface area contributed by atoms with E-state index in [1.165, 1.54) is 0 Å². The molecule has 0 radical (unpaired) electrons. The van der Waals surface area contributed by atoms with Crippen LogP contribution in [0, 0.1) is 5.92 Å². The van der Waals surface area contributed by atoms with Crippen LogP contribution in [-0.2, 0) is 0 Å². The van der Waals surface area contributed by atoms with Crippen LogP contribution in [0.3, 0.4) is 0 Å². The first-order chi connectivity index (χ1) is 8.68. The van der Waals surface area contributed by atoms with Crippen molar-refractivity contribution >= 4 is 5.95 Å². The van der Waals surface area contributed by atoms with Gasteiger partial charge in [0.15, 0.2) is 0 Å². The van der Waals surface area contributed by atoms with Gasteiger partial charge in [-0.1, -0.05) is 19.9 Å². The van der Waals surface area contributed by atoms with E-state index in [2.05, 4.69) is 40.6 Å². The second-order valence-corrected chi connectivity index (χ2v) is 4.86. The van der Waals surface area contributed by atoms with Crippen molar-refractivity contribution in [2.24, 2.45) is 5.92 Å². The monoisotopic (exact) mass is 244 g/mol. The number of hydrogen-bond acceptors (Lipinski definition) is 3. The Morgan fingerprint density at radius 1 is 1.17 bits per heavy atom. The SMILES string of the molecule is CC(C)CNc1nccn1C(C)c1ccccn1. The molecule has 0 fully saturated rings. The number of anilines is 1. The van der Waals surface area contributed by atoms with Gasteiger partial charge in [0.25, 0.3) is 0 Å². The van der Waals surface area contributed by atoms with Gasteiger partial charge in [-0.2, -0.15) is 0 Å². The fourth-order valence-electron chi connectivity index (χ4n) is 1.82. The standard InChI is InChI=1S/C14H20N4/c1-11(2)10-17-14-16-8-9-18(14)12(3)13-6-4-5-7-15-13/h4-9,11-12H,10H2,1-3H3,(H,16,17). The van der Waals surface area contributed by atoms with Gasteiger partial charge in [-0.05, 0) is 25.0 Å². The Labute approximate surface area is 108 Å². The topological polar surface area (TPSA) is 42.7 Å². The van der Waals surface area contributed by atoms with Crippen LogP contribution in [0.2, 0.25) is 0 Å². The molecular formula is C14H20N4. The minimum absolute atomic E-state index is 0.184. The summed E-state index contributed by atoms with van der Waals surface area (Å²) >= 11 is 0. The maximum absolute atomic E-state index is 4.39. The summed E-state index contributed by atoms with van der Waals surface area (Å²) in [4.78, 5) is 8.75. The van der Waals surface area contributed by atoms with Gasteiger partial charge < -0.3 is 9.88 Å². The molecule has 2 aromatic rings. The van der Waals surface area contributed by atoms with Crippen LogP contribution in [0.25, 0.3) is 0 Å². The number of imidazole rings is 1. The Morgan fingerprint density at radius 3 is 2.67 bits per heavy atom. The van der Waals surface area contributed by atoms with E-state index in [1.807, 2.05) is 36.8 Å². The summed E-state index contributed by atoms with van der Waals surface area (Å²) in [5, 5.41) is 3.37. The van der Waals surface area contributed by atoms with E-state index >= 15 is 0 Å². The number of nitrogens with one attached hydrogen (secondary N) is 1. The van der Waals surface area contributed by atoms with Gasteiger partial charge in [-0.15, -0.1) is 0 Å². The number of nitrogens with zero attached hydrogens (tertiary/aromatic N) is 3. The maximum atomic E-state index is 4.39. The molecule has 1 atom stereocenters. The first-order valence-electron chi connectivity index (χ1n) is 6.36. The van der Waals surface area contributed by atoms with Gasteiger partial charge in [0.2, 0.25) is 5.95 Å². The molecule has 0 aliphatic heterocycles. The fourth-order valence-corrected chi connectivity index (χ4v) is 1.82. The molecule has 4 heteroatoms. The molecule has 1 unspecified atom stereocenters. The highest BCUT2D eigenvalue weighted by Crippen LogP contribution is 2.19. The van der Waals surface area contributed by atoms with Crippen molar-refractivity contribution < 1.29 is 0 Å². The van der Waals surface area contributed by atoms with E-state index in [0.29, 0.717) is 5.92 Å². The molecule has 0 spiro atoms. The number of pyridine rings is 1. The Kier molecular flexibility index (Phi) is 3.97. The molecule has 2 rings (SSSR count). The van der Waals surface area contributed by atoms with Crippen molar-refractivity contribution in [3.05, 3.63) is 42.5 Å². The zero-order valence-corrected chi connectivity index (χ0v) is 11.2. The molecule has 0 saturated heterocycles. The third-order valence-corrected chi connectivity index (χ3v) is 2.87. The van der Waals surface area contributed by atoms with Crippen molar-refractivity contribution in [1.82, 2.24) is 14.5 Å². The predicted octanol–water partition coefficient (Wildman–Crippen LogP) is 2.96. The molecule has 18 heavy (non-hydrogen) atoms. The summed E-state index contributed by atoms with van der Waals surface area (Å²) in [5.41, 5.74) is 1.04. The molecule has 1 N–H and O–H groups in total. The van der Waals surface area contributed by atoms with Gasteiger partial charge >= 0.3 is 0 Å². The summed E-state index contributed by atoms with van der Waals surface area (Å²) in [6, 6.07) is 6.17. The second-order valence-electron chi connectivity index (χ2n) is 4.86. The fraction of sp³-hybridized carbons (Fsp3) is 0.429. The summed E-state index contributed by atoms with van der Waals surface area (Å²) in [6.45, 7) is 7.42. The minimum atomic E-state index is 0.184. The maximum Gasteiger partial charge on any atom is 0.203 e. The van der Waals surface area contributed by atoms with E-state index in [-0.39, 0.29) is 6.04 Å². The zero-order chi connectivity index (χ0) is 13.0. The largest absolute Gasteiger partial charge is 0.355 e. The average Bonchev–Trinajstić information content (AvgIpc) is 2.85. The Morgan fingerprint density at radius 2 is 2.00 bits per heavy atom. The summed E-state index contributed by atoms with van der Waals surface area (Å²) in [5.74, 6) is 1.50. The van der Waals surface area contributed by atoms with Crippen molar-refractivity contribution in [1.29, 1.82) is 0 Å². The van der Waals surface area contributed by atoms with Crippen LogP contribution in [-0.4, -0.2) is 21.1 Å². The molecular weight excluding hydrogens is 224 g/mol. The lowest BCUT2D eigenvalue weighted by molar-refractivity contribution is 0.614. The molecule has 96 valence electrons. The van der Waals surface area contributed by atoms with Gasteiger partial charge in [-0.25, -0.2) is 4.98 Å². The Hall–Kier alpha value is -1.84. The minimum Gasteiger partial charge on any atom is -0.355 e. The normalized spacial score (nSPS) is 12.7. The lowest BCUT2D eigenvalue weighted by Crippen LogP contribution is -2.15. The number of rotatable bonds is 5. The van der Waals surface area contributed by atoms with E-state index in [0.717, 1.165) is 18.2 Å². The molecule has 0 aromatic carbocycles. The molecule has 0 amide bonds. The van der Waals surface area contributed by atoms with Crippen LogP contribution in [0.1, 0.15) is 32.5 Å². The highest BCUT2D eigenvalue weighted by Gasteiger charge is 2.12. The first-order valence-corrected chi connectivity index (χ1v) is 6.36. The third-order valence-electron chi connectivity index (χ3n) is 2.87. The highest BCUT2D eigenvalue weighted by atomic mass is 15.2. The van der Waals surface area contributed by atoms with Crippen molar-refractivity contribution in [2.45, 2.75) is 26.8 Å². The lowest BCUT2D eigenvalue weighted by Gasteiger charge is -2.17. The number of aromatic nitrogens is 3. The summed E-state index contributed by atoms with van der Waals surface area (Å²) in [7, 11) is 0. The molecule has 2 aromatic heterocycles. The van der Waals surface area contributed by atoms with E-state index < -0.39 is 0 Å². The summed E-state index contributed by atoms with van der Waals surface area (Å²) in [6.07, 6.45) is 5.63. The second kappa shape index (κ2) is 5.67. The van der Waals surface area contributed by atoms with Crippen LogP contribution >= 0.6 is 0 Å². The molecule has 0 saturated carbocycles. The molecule has 4 nitrogen and oxygen atoms in total. The van der Waals surface area contributed by atoms with Crippen LogP contribution in [0.5, 0.6) is 0 Å². The molecule has 0 aliphatic carbocycles.